The Labute approximate surface area is 201 Å². The van der Waals surface area contributed by atoms with Gasteiger partial charge in [0.25, 0.3) is 0 Å². The molecule has 0 unspecified atom stereocenters. The van der Waals surface area contributed by atoms with E-state index in [1.807, 2.05) is 37.3 Å². The molecule has 1 atom stereocenters. The third-order valence-electron chi connectivity index (χ3n) is 5.93. The van der Waals surface area contributed by atoms with Crippen LogP contribution in [0.3, 0.4) is 0 Å². The van der Waals surface area contributed by atoms with Crippen LogP contribution in [0.2, 0.25) is 5.02 Å². The van der Waals surface area contributed by atoms with Gasteiger partial charge in [-0.15, -0.1) is 11.8 Å². The molecule has 1 saturated carbocycles. The fourth-order valence-corrected chi connectivity index (χ4v) is 5.20. The number of halogens is 1. The molecule has 0 heterocycles. The van der Waals surface area contributed by atoms with Crippen molar-refractivity contribution < 1.29 is 9.59 Å². The minimum Gasteiger partial charge on any atom is -0.352 e. The molecule has 0 radical (unpaired) electrons. The molecule has 1 N–H and O–H groups in total. The lowest BCUT2D eigenvalue weighted by Crippen LogP contribution is -2.51. The molecule has 2 amide bonds. The molecule has 0 bridgehead atoms. The van der Waals surface area contributed by atoms with Crippen molar-refractivity contribution in [2.24, 2.45) is 0 Å². The number of nitrogens with zero attached hydrogens (tertiary/aromatic N) is 1. The van der Waals surface area contributed by atoms with Gasteiger partial charge in [0.15, 0.2) is 0 Å². The summed E-state index contributed by atoms with van der Waals surface area (Å²) in [6, 6.07) is 15.6. The van der Waals surface area contributed by atoms with Crippen molar-refractivity contribution in [1.29, 1.82) is 0 Å². The molecule has 2 aromatic carbocycles. The monoisotopic (exact) mass is 472 g/mol. The summed E-state index contributed by atoms with van der Waals surface area (Å²) >= 11 is 7.63. The Morgan fingerprint density at radius 1 is 1.12 bits per heavy atom. The zero-order valence-corrected chi connectivity index (χ0v) is 20.6. The van der Waals surface area contributed by atoms with Crippen LogP contribution in [0.1, 0.15) is 55.7 Å². The van der Waals surface area contributed by atoms with Gasteiger partial charge in [0.05, 0.1) is 5.75 Å². The topological polar surface area (TPSA) is 49.4 Å². The van der Waals surface area contributed by atoms with E-state index in [9.17, 15) is 9.59 Å². The highest BCUT2D eigenvalue weighted by atomic mass is 35.5. The highest BCUT2D eigenvalue weighted by Crippen LogP contribution is 2.21. The molecule has 0 spiro atoms. The van der Waals surface area contributed by atoms with Gasteiger partial charge >= 0.3 is 0 Å². The number of nitrogens with one attached hydrogen (secondary N) is 1. The maximum Gasteiger partial charge on any atom is 0.243 e. The van der Waals surface area contributed by atoms with E-state index in [1.54, 1.807) is 16.7 Å². The Morgan fingerprint density at radius 2 is 1.84 bits per heavy atom. The summed E-state index contributed by atoms with van der Waals surface area (Å²) in [5.41, 5.74) is 3.39. The first-order valence-electron chi connectivity index (χ1n) is 11.4. The molecular formula is C26H33ClN2O2S. The summed E-state index contributed by atoms with van der Waals surface area (Å²) in [5, 5.41) is 3.85. The van der Waals surface area contributed by atoms with Crippen LogP contribution in [0.25, 0.3) is 0 Å². The first kappa shape index (κ1) is 24.7. The molecule has 32 heavy (non-hydrogen) atoms. The van der Waals surface area contributed by atoms with Gasteiger partial charge < -0.3 is 10.2 Å². The van der Waals surface area contributed by atoms with E-state index in [1.165, 1.54) is 11.1 Å². The van der Waals surface area contributed by atoms with Crippen molar-refractivity contribution in [2.75, 3.05) is 5.75 Å². The van der Waals surface area contributed by atoms with Gasteiger partial charge in [-0.3, -0.25) is 9.59 Å². The predicted octanol–water partition coefficient (Wildman–Crippen LogP) is 5.75. The Morgan fingerprint density at radius 3 is 2.50 bits per heavy atom. The van der Waals surface area contributed by atoms with E-state index in [2.05, 4.69) is 30.4 Å². The van der Waals surface area contributed by atoms with Crippen LogP contribution in [0, 0.1) is 6.92 Å². The largest absolute Gasteiger partial charge is 0.352 e. The van der Waals surface area contributed by atoms with Crippen LogP contribution in [0.5, 0.6) is 0 Å². The predicted molar refractivity (Wildman–Crippen MR) is 134 cm³/mol. The molecule has 4 nitrogen and oxygen atoms in total. The second-order valence-corrected chi connectivity index (χ2v) is 9.97. The summed E-state index contributed by atoms with van der Waals surface area (Å²) in [6.07, 6.45) is 4.95. The van der Waals surface area contributed by atoms with E-state index in [-0.39, 0.29) is 17.9 Å². The van der Waals surface area contributed by atoms with Crippen LogP contribution < -0.4 is 5.32 Å². The van der Waals surface area contributed by atoms with Gasteiger partial charge in [-0.1, -0.05) is 73.3 Å². The van der Waals surface area contributed by atoms with Crippen LogP contribution in [0.15, 0.2) is 48.5 Å². The normalized spacial score (nSPS) is 14.8. The Bertz CT molecular complexity index is 897. The number of carbonyl (C=O) groups is 2. The van der Waals surface area contributed by atoms with Crippen LogP contribution in [-0.2, 0) is 21.9 Å². The second-order valence-electron chi connectivity index (χ2n) is 8.54. The number of hydrogen-bond acceptors (Lipinski definition) is 3. The SMILES string of the molecule is CC[C@H](C(=O)NC1CCCC1)N(Cc1ccc(Cl)cc1)C(=O)CSCc1cccc(C)c1. The average Bonchev–Trinajstić information content (AvgIpc) is 3.28. The van der Waals surface area contributed by atoms with Crippen LogP contribution in [-0.4, -0.2) is 34.6 Å². The maximum atomic E-state index is 13.3. The molecule has 6 heteroatoms. The molecular weight excluding hydrogens is 440 g/mol. The van der Waals surface area contributed by atoms with Crippen molar-refractivity contribution in [3.8, 4) is 0 Å². The summed E-state index contributed by atoms with van der Waals surface area (Å²) in [6.45, 7) is 4.44. The molecule has 172 valence electrons. The van der Waals surface area contributed by atoms with Crippen LogP contribution in [0.4, 0.5) is 0 Å². The highest BCUT2D eigenvalue weighted by molar-refractivity contribution is 7.99. The smallest absolute Gasteiger partial charge is 0.243 e. The molecule has 0 aromatic heterocycles. The lowest BCUT2D eigenvalue weighted by molar-refractivity contribution is -0.139. The summed E-state index contributed by atoms with van der Waals surface area (Å²) < 4.78 is 0. The average molecular weight is 473 g/mol. The number of amides is 2. The van der Waals surface area contributed by atoms with Gasteiger partial charge in [0.2, 0.25) is 11.8 Å². The third-order valence-corrected chi connectivity index (χ3v) is 7.17. The van der Waals surface area contributed by atoms with Crippen molar-refractivity contribution in [3.05, 3.63) is 70.2 Å². The number of thioether (sulfide) groups is 1. The molecule has 1 aliphatic rings. The highest BCUT2D eigenvalue weighted by Gasteiger charge is 2.30. The number of rotatable bonds is 10. The molecule has 1 aliphatic carbocycles. The molecule has 1 fully saturated rings. The van der Waals surface area contributed by atoms with Gasteiger partial charge in [-0.05, 0) is 49.4 Å². The molecule has 2 aromatic rings. The minimum atomic E-state index is -0.474. The second kappa shape index (κ2) is 12.3. The standard InChI is InChI=1S/C26H33ClN2O2S/c1-3-24(26(31)28-23-9-4-5-10-23)29(16-20-11-13-22(27)14-12-20)25(30)18-32-17-21-8-6-7-19(2)15-21/h6-8,11-15,23-24H,3-5,9-10,16-18H2,1-2H3,(H,28,31)/t24-/m1/s1. The zero-order chi connectivity index (χ0) is 22.9. The van der Waals surface area contributed by atoms with Gasteiger partial charge in [-0.25, -0.2) is 0 Å². The Hall–Kier alpha value is -1.98. The van der Waals surface area contributed by atoms with Crippen molar-refractivity contribution in [3.63, 3.8) is 0 Å². The quantitative estimate of drug-likeness (QED) is 0.479. The van der Waals surface area contributed by atoms with Crippen LogP contribution >= 0.6 is 23.4 Å². The molecule has 0 aliphatic heterocycles. The van der Waals surface area contributed by atoms with E-state index >= 15 is 0 Å². The summed E-state index contributed by atoms with van der Waals surface area (Å²) in [4.78, 5) is 28.2. The minimum absolute atomic E-state index is 0.00831. The first-order valence-corrected chi connectivity index (χ1v) is 13.0. The number of aryl methyl sites for hydroxylation is 1. The van der Waals surface area contributed by atoms with Gasteiger partial charge in [0, 0.05) is 23.4 Å². The van der Waals surface area contributed by atoms with E-state index in [4.69, 9.17) is 11.6 Å². The van der Waals surface area contributed by atoms with E-state index in [0.717, 1.165) is 37.0 Å². The molecule has 3 rings (SSSR count). The number of carbonyl (C=O) groups excluding carboxylic acids is 2. The summed E-state index contributed by atoms with van der Waals surface area (Å²) in [5.74, 6) is 1.07. The fourth-order valence-electron chi connectivity index (χ4n) is 4.21. The molecule has 0 saturated heterocycles. The lowest BCUT2D eigenvalue weighted by atomic mass is 10.1. The van der Waals surface area contributed by atoms with Gasteiger partial charge in [-0.2, -0.15) is 0 Å². The van der Waals surface area contributed by atoms with E-state index < -0.39 is 6.04 Å². The summed E-state index contributed by atoms with van der Waals surface area (Å²) in [7, 11) is 0. The number of benzene rings is 2. The van der Waals surface area contributed by atoms with Crippen molar-refractivity contribution in [1.82, 2.24) is 10.2 Å². The number of hydrogen-bond donors (Lipinski definition) is 1. The Kier molecular flexibility index (Phi) is 9.49. The first-order chi connectivity index (χ1) is 15.5. The zero-order valence-electron chi connectivity index (χ0n) is 19.0. The third kappa shape index (κ3) is 7.28. The van der Waals surface area contributed by atoms with Gasteiger partial charge in [0.1, 0.15) is 6.04 Å². The fraction of sp³-hybridized carbons (Fsp3) is 0.462. The van der Waals surface area contributed by atoms with Crippen molar-refractivity contribution >= 4 is 35.2 Å². The Balaban J connectivity index is 1.69. The maximum absolute atomic E-state index is 13.3. The lowest BCUT2D eigenvalue weighted by Gasteiger charge is -2.31. The van der Waals surface area contributed by atoms with E-state index in [0.29, 0.717) is 23.7 Å². The van der Waals surface area contributed by atoms with Crippen molar-refractivity contribution in [2.45, 2.75) is 70.3 Å².